The van der Waals surface area contributed by atoms with Crippen molar-refractivity contribution in [3.05, 3.63) is 136 Å². The van der Waals surface area contributed by atoms with Gasteiger partial charge in [-0.2, -0.15) is 0 Å². The second kappa shape index (κ2) is 111. The van der Waals surface area contributed by atoms with Gasteiger partial charge in [0.2, 0.25) is 0 Å². The minimum absolute atomic E-state index is 0. The van der Waals surface area contributed by atoms with Crippen molar-refractivity contribution in [2.24, 2.45) is 0 Å². The molecule has 2 heteroatoms. The topological polar surface area (TPSA) is 0 Å². The summed E-state index contributed by atoms with van der Waals surface area (Å²) in [5.74, 6) is 0. The Balaban J connectivity index is -0.0000000301. The van der Waals surface area contributed by atoms with Crippen LogP contribution in [0, 0.1) is 109 Å². The third-order valence-corrected chi connectivity index (χ3v) is 2.99. The molecule has 0 aliphatic heterocycles. The summed E-state index contributed by atoms with van der Waals surface area (Å²) in [6.45, 7) is 36.8. The number of fused-ring (bicyclic) bond motifs is 1. The minimum atomic E-state index is 0. The summed E-state index contributed by atoms with van der Waals surface area (Å²) in [7, 11) is 0. The average molecular weight is 973 g/mol. The van der Waals surface area contributed by atoms with Gasteiger partial charge in [0, 0.05) is 93.8 Å². The van der Waals surface area contributed by atoms with Gasteiger partial charge in [0.25, 0.3) is 0 Å². The van der Waals surface area contributed by atoms with Crippen LogP contribution in [0.5, 0.6) is 0 Å². The zero-order chi connectivity index (χ0) is 35.4. The molecule has 0 bridgehead atoms. The molecule has 0 heterocycles. The molecule has 0 saturated carbocycles. The van der Waals surface area contributed by atoms with E-state index in [0.29, 0.717) is 0 Å². The quantitative estimate of drug-likeness (QED) is 0.154. The van der Waals surface area contributed by atoms with Gasteiger partial charge in [0.15, 0.2) is 0 Å². The van der Waals surface area contributed by atoms with Crippen molar-refractivity contribution >= 4 is 10.8 Å². The fourth-order valence-corrected chi connectivity index (χ4v) is 1.90. The minimum Gasteiger partial charge on any atom is -0.358 e. The van der Waals surface area contributed by atoms with Gasteiger partial charge in [0.05, 0.1) is 0 Å². The number of rotatable bonds is 0. The Morgan fingerprint density at radius 3 is 0.426 bits per heavy atom. The Morgan fingerprint density at radius 1 is 0.255 bits per heavy atom. The van der Waals surface area contributed by atoms with Crippen molar-refractivity contribution < 1.29 is 93.8 Å². The van der Waals surface area contributed by atoms with Gasteiger partial charge < -0.3 is 14.9 Å². The van der Waals surface area contributed by atoms with Gasteiger partial charge in [-0.15, -0.1) is 0 Å². The normalized spacial score (nSPS) is 6.09. The van der Waals surface area contributed by atoms with Crippen molar-refractivity contribution in [3.8, 4) is 0 Å². The smallest absolute Gasteiger partial charge is 0 e. The number of hydrogen-bond donors (Lipinski definition) is 0. The zero-order valence-corrected chi connectivity index (χ0v) is 38.6. The van der Waals surface area contributed by atoms with Crippen LogP contribution in [0.15, 0.2) is 121 Å². The molecule has 0 aliphatic carbocycles. The maximum absolute atomic E-state index is 2.12. The summed E-state index contributed by atoms with van der Waals surface area (Å²) in [5.41, 5.74) is 0. The Morgan fingerprint density at radius 2 is 0.340 bits per heavy atom. The summed E-state index contributed by atoms with van der Waals surface area (Å²) in [4.78, 5) is 0. The van der Waals surface area contributed by atoms with Gasteiger partial charge in [-0.3, -0.25) is 0 Å². The van der Waals surface area contributed by atoms with E-state index in [0.717, 1.165) is 0 Å². The molecule has 0 atom stereocenters. The predicted molar refractivity (Wildman–Crippen MR) is 226 cm³/mol. The van der Waals surface area contributed by atoms with E-state index in [4.69, 9.17) is 0 Å². The molecule has 0 saturated heterocycles. The van der Waals surface area contributed by atoms with Gasteiger partial charge in [-0.1, -0.05) is 265 Å². The zero-order valence-electron chi connectivity index (χ0n) is 35.2. The van der Waals surface area contributed by atoms with Crippen LogP contribution in [0.1, 0.15) is 144 Å². The molecule has 0 amide bonds. The first-order chi connectivity index (χ1) is 21.2. The van der Waals surface area contributed by atoms with Crippen LogP contribution < -0.4 is 0 Å². The molecular weight excluding hydrogens is 887 g/mol. The third-order valence-electron chi connectivity index (χ3n) is 2.99. The van der Waals surface area contributed by atoms with Crippen LogP contribution in [-0.4, -0.2) is 0 Å². The molecular formula is C45H86Yb2-2. The fourth-order valence-electron chi connectivity index (χ4n) is 1.90. The second-order valence-corrected chi connectivity index (χ2v) is 6.78. The summed E-state index contributed by atoms with van der Waals surface area (Å²) in [6.07, 6.45) is 3.75. The van der Waals surface area contributed by atoms with E-state index < -0.39 is 0 Å². The molecule has 4 aromatic carbocycles. The van der Waals surface area contributed by atoms with E-state index in [2.05, 4.69) is 90.1 Å². The first-order valence-electron chi connectivity index (χ1n) is 17.6. The SMILES string of the molecule is CC.CC.CC.CC.CC.CC.CCC.CCC.CCC.[CH3-].[CH3-].[Yb].[Yb].c1ccc2ccccc2c1.c1ccccc1.c1ccccc1. The molecule has 4 rings (SSSR count). The third kappa shape index (κ3) is 99.0. The first-order valence-corrected chi connectivity index (χ1v) is 17.6. The maximum atomic E-state index is 2.12. The summed E-state index contributed by atoms with van der Waals surface area (Å²) in [6, 6.07) is 40.7. The maximum Gasteiger partial charge on any atom is 0 e. The van der Waals surface area contributed by atoms with Gasteiger partial charge in [-0.25, -0.2) is 0 Å². The van der Waals surface area contributed by atoms with E-state index in [9.17, 15) is 0 Å². The fraction of sp³-hybridized carbons (Fsp3) is 0.467. The van der Waals surface area contributed by atoms with Crippen molar-refractivity contribution in [1.82, 2.24) is 0 Å². The van der Waals surface area contributed by atoms with Crippen molar-refractivity contribution in [2.75, 3.05) is 0 Å². The average Bonchev–Trinajstić information content (AvgIpc) is 3.13. The van der Waals surface area contributed by atoms with Crippen molar-refractivity contribution in [1.29, 1.82) is 0 Å². The molecule has 0 unspecified atom stereocenters. The van der Waals surface area contributed by atoms with E-state index in [1.807, 2.05) is 156 Å². The Bertz CT molecular complexity index is 633. The molecule has 0 nitrogen and oxygen atoms in total. The summed E-state index contributed by atoms with van der Waals surface area (Å²) in [5, 5.41) is 2.62. The first kappa shape index (κ1) is 81.3. The molecule has 0 aromatic heterocycles. The molecule has 0 radical (unpaired) electrons. The molecule has 47 heavy (non-hydrogen) atoms. The van der Waals surface area contributed by atoms with Crippen LogP contribution in [0.2, 0.25) is 0 Å². The summed E-state index contributed by atoms with van der Waals surface area (Å²) >= 11 is 0. The van der Waals surface area contributed by atoms with E-state index in [1.54, 1.807) is 0 Å². The Hall–Kier alpha value is 0.179. The molecule has 296 valence electrons. The largest absolute Gasteiger partial charge is 0.358 e. The van der Waals surface area contributed by atoms with E-state index >= 15 is 0 Å². The predicted octanol–water partition coefficient (Wildman–Crippen LogP) is 17.5. The van der Waals surface area contributed by atoms with Gasteiger partial charge in [-0.05, 0) is 10.8 Å². The molecule has 4 aromatic rings. The van der Waals surface area contributed by atoms with Crippen LogP contribution in [0.25, 0.3) is 10.8 Å². The number of hydrogen-bond acceptors (Lipinski definition) is 0. The van der Waals surface area contributed by atoms with Crippen LogP contribution in [0.3, 0.4) is 0 Å². The molecule has 0 aliphatic rings. The monoisotopic (exact) mass is 975 g/mol. The standard InChI is InChI=1S/C10H8.2C6H6.3C3H8.6C2H6.2CH3.2Yb/c1-2-6-10-8-4-3-7-9(10)5-1;2*1-2-4-6-5-3-1;3*1-3-2;6*1-2;;;;/h1-8H;2*1-6H;3*3H2,1-2H3;6*1-2H3;2*1H3;;/q;;;;;;;;;;;;2*-1;;. The van der Waals surface area contributed by atoms with Crippen molar-refractivity contribution in [3.63, 3.8) is 0 Å². The second-order valence-electron chi connectivity index (χ2n) is 6.78. The van der Waals surface area contributed by atoms with E-state index in [-0.39, 0.29) is 109 Å². The molecule has 0 N–H and O–H groups in total. The van der Waals surface area contributed by atoms with E-state index in [1.165, 1.54) is 30.0 Å². The summed E-state index contributed by atoms with van der Waals surface area (Å²) < 4.78 is 0. The molecule has 0 spiro atoms. The Labute approximate surface area is 379 Å². The number of benzene rings is 4. The Kier molecular flexibility index (Phi) is 191. The van der Waals surface area contributed by atoms with Gasteiger partial charge >= 0.3 is 0 Å². The van der Waals surface area contributed by atoms with Crippen LogP contribution in [-0.2, 0) is 0 Å². The van der Waals surface area contributed by atoms with Crippen molar-refractivity contribution in [2.45, 2.75) is 144 Å². The van der Waals surface area contributed by atoms with Crippen LogP contribution in [0.4, 0.5) is 0 Å². The van der Waals surface area contributed by atoms with Crippen LogP contribution >= 0.6 is 0 Å². The molecule has 0 fully saturated rings. The van der Waals surface area contributed by atoms with Gasteiger partial charge in [0.1, 0.15) is 0 Å².